The quantitative estimate of drug-likeness (QED) is 0.570. The van der Waals surface area contributed by atoms with E-state index in [9.17, 15) is 13.2 Å². The zero-order chi connectivity index (χ0) is 24.1. The highest BCUT2D eigenvalue weighted by atomic mass is 32.2. The highest BCUT2D eigenvalue weighted by Crippen LogP contribution is 2.36. The summed E-state index contributed by atoms with van der Waals surface area (Å²) in [6.07, 6.45) is 4.46. The summed E-state index contributed by atoms with van der Waals surface area (Å²) in [7, 11) is -3.92. The molecular weight excluding hydrogens is 434 g/mol. The molecule has 0 aromatic heterocycles. The van der Waals surface area contributed by atoms with Gasteiger partial charge in [0, 0.05) is 5.71 Å². The molecule has 0 heterocycles. The van der Waals surface area contributed by atoms with Gasteiger partial charge >= 0.3 is 0 Å². The summed E-state index contributed by atoms with van der Waals surface area (Å²) in [4.78, 5) is 13.0. The van der Waals surface area contributed by atoms with Gasteiger partial charge < -0.3 is 0 Å². The number of rotatable bonds is 7. The van der Waals surface area contributed by atoms with Crippen molar-refractivity contribution in [3.05, 3.63) is 60.2 Å². The van der Waals surface area contributed by atoms with Gasteiger partial charge in [-0.05, 0) is 67.2 Å². The molecule has 2 aromatic carbocycles. The van der Waals surface area contributed by atoms with Crippen molar-refractivity contribution >= 4 is 27.3 Å². The minimum absolute atomic E-state index is 0.149. The molecule has 0 atom stereocenters. The lowest BCUT2D eigenvalue weighted by atomic mass is 9.72. The number of benzene rings is 2. The highest BCUT2D eigenvalue weighted by molar-refractivity contribution is 7.92. The van der Waals surface area contributed by atoms with Crippen LogP contribution in [0.25, 0.3) is 0 Å². The van der Waals surface area contributed by atoms with Gasteiger partial charge in [0.1, 0.15) is 6.54 Å². The van der Waals surface area contributed by atoms with Gasteiger partial charge in [-0.2, -0.15) is 5.10 Å². The van der Waals surface area contributed by atoms with Crippen molar-refractivity contribution in [2.24, 2.45) is 16.4 Å². The molecule has 178 valence electrons. The molecule has 1 aliphatic rings. The zero-order valence-corrected chi connectivity index (χ0v) is 20.9. The molecule has 0 radical (unpaired) electrons. The van der Waals surface area contributed by atoms with E-state index in [0.29, 0.717) is 18.0 Å². The molecule has 33 heavy (non-hydrogen) atoms. The maximum Gasteiger partial charge on any atom is 0.264 e. The van der Waals surface area contributed by atoms with Crippen LogP contribution in [-0.2, 0) is 21.2 Å². The smallest absolute Gasteiger partial charge is 0.264 e. The van der Waals surface area contributed by atoms with Crippen LogP contribution in [0.5, 0.6) is 0 Å². The lowest BCUT2D eigenvalue weighted by molar-refractivity contribution is -0.119. The van der Waals surface area contributed by atoms with Gasteiger partial charge in [0.2, 0.25) is 0 Å². The van der Waals surface area contributed by atoms with E-state index in [2.05, 4.69) is 31.3 Å². The average molecular weight is 470 g/mol. The number of hydrogen-bond acceptors (Lipinski definition) is 4. The van der Waals surface area contributed by atoms with E-state index in [0.717, 1.165) is 37.0 Å². The number of carbonyl (C=O) groups excluding carboxylic acids is 1. The second kappa shape index (κ2) is 10.5. The Bertz CT molecular complexity index is 1080. The number of aryl methyl sites for hydroxylation is 1. The summed E-state index contributed by atoms with van der Waals surface area (Å²) in [5, 5.41) is 4.34. The van der Waals surface area contributed by atoms with Crippen LogP contribution in [0.15, 0.2) is 64.6 Å². The van der Waals surface area contributed by atoms with E-state index in [1.54, 1.807) is 42.5 Å². The SMILES string of the molecule is CCc1ccccc1N(CC(=O)NN=C1CCC(C(C)(C)C)CC1)S(=O)(=O)c1ccccc1. The summed E-state index contributed by atoms with van der Waals surface area (Å²) < 4.78 is 28.2. The Morgan fingerprint density at radius 2 is 1.64 bits per heavy atom. The van der Waals surface area contributed by atoms with Crippen LogP contribution in [0, 0.1) is 11.3 Å². The van der Waals surface area contributed by atoms with Crippen molar-refractivity contribution in [2.75, 3.05) is 10.8 Å². The number of para-hydroxylation sites is 1. The van der Waals surface area contributed by atoms with Crippen LogP contribution >= 0.6 is 0 Å². The number of carbonyl (C=O) groups is 1. The molecule has 0 saturated heterocycles. The predicted octanol–water partition coefficient (Wildman–Crippen LogP) is 5.15. The first-order valence-electron chi connectivity index (χ1n) is 11.6. The van der Waals surface area contributed by atoms with Crippen LogP contribution in [0.4, 0.5) is 5.69 Å². The number of amides is 1. The molecule has 0 bridgehead atoms. The summed E-state index contributed by atoms with van der Waals surface area (Å²) >= 11 is 0. The Hall–Kier alpha value is -2.67. The third-order valence-corrected chi connectivity index (χ3v) is 8.16. The van der Waals surface area contributed by atoms with Gasteiger partial charge in [-0.15, -0.1) is 0 Å². The number of nitrogens with zero attached hydrogens (tertiary/aromatic N) is 2. The Labute approximate surface area is 198 Å². The lowest BCUT2D eigenvalue weighted by Crippen LogP contribution is -2.40. The molecule has 0 aliphatic heterocycles. The summed E-state index contributed by atoms with van der Waals surface area (Å²) in [5.41, 5.74) is 5.22. The second-order valence-corrected chi connectivity index (χ2v) is 11.5. The van der Waals surface area contributed by atoms with Gasteiger partial charge in [0.25, 0.3) is 15.9 Å². The van der Waals surface area contributed by atoms with Crippen LogP contribution in [0.3, 0.4) is 0 Å². The Balaban J connectivity index is 1.79. The standard InChI is InChI=1S/C26H35N3O3S/c1-5-20-11-9-10-14-24(20)29(33(31,32)23-12-7-6-8-13-23)19-25(30)28-27-22-17-15-21(16-18-22)26(2,3)4/h6-14,21H,5,15-19H2,1-4H3,(H,28,30). The van der Waals surface area contributed by atoms with Gasteiger partial charge in [-0.25, -0.2) is 13.8 Å². The first-order chi connectivity index (χ1) is 15.6. The minimum Gasteiger partial charge on any atom is -0.271 e. The Kier molecular flexibility index (Phi) is 7.95. The zero-order valence-electron chi connectivity index (χ0n) is 20.0. The molecule has 0 unspecified atom stereocenters. The third-order valence-electron chi connectivity index (χ3n) is 6.39. The topological polar surface area (TPSA) is 78.8 Å². The molecule has 6 nitrogen and oxygen atoms in total. The second-order valence-electron chi connectivity index (χ2n) is 9.66. The maximum atomic E-state index is 13.5. The van der Waals surface area contributed by atoms with Crippen molar-refractivity contribution in [1.29, 1.82) is 0 Å². The van der Waals surface area contributed by atoms with Crippen LogP contribution in [0.1, 0.15) is 58.9 Å². The molecule has 2 aromatic rings. The fourth-order valence-electron chi connectivity index (χ4n) is 4.31. The van der Waals surface area contributed by atoms with Crippen molar-refractivity contribution < 1.29 is 13.2 Å². The van der Waals surface area contributed by atoms with Crippen LogP contribution < -0.4 is 9.73 Å². The van der Waals surface area contributed by atoms with Gasteiger partial charge in [-0.3, -0.25) is 9.10 Å². The third kappa shape index (κ3) is 6.22. The lowest BCUT2D eigenvalue weighted by Gasteiger charge is -2.34. The summed E-state index contributed by atoms with van der Waals surface area (Å²) in [5.74, 6) is 0.190. The fraction of sp³-hybridized carbons (Fsp3) is 0.462. The van der Waals surface area contributed by atoms with Gasteiger partial charge in [0.05, 0.1) is 10.6 Å². The van der Waals surface area contributed by atoms with Crippen molar-refractivity contribution in [3.8, 4) is 0 Å². The normalized spacial score (nSPS) is 16.8. The number of sulfonamides is 1. The Morgan fingerprint density at radius 1 is 1.03 bits per heavy atom. The van der Waals surface area contributed by atoms with E-state index in [4.69, 9.17) is 0 Å². The van der Waals surface area contributed by atoms with Crippen molar-refractivity contribution in [1.82, 2.24) is 5.43 Å². The summed E-state index contributed by atoms with van der Waals surface area (Å²) in [6, 6.07) is 15.5. The molecule has 1 saturated carbocycles. The summed E-state index contributed by atoms with van der Waals surface area (Å²) in [6.45, 7) is 8.41. The van der Waals surface area contributed by atoms with Crippen LogP contribution in [0.2, 0.25) is 0 Å². The van der Waals surface area contributed by atoms with E-state index >= 15 is 0 Å². The molecule has 3 rings (SSSR count). The van der Waals surface area contributed by atoms with Gasteiger partial charge in [-0.1, -0.05) is 64.1 Å². The first-order valence-corrected chi connectivity index (χ1v) is 13.1. The highest BCUT2D eigenvalue weighted by Gasteiger charge is 2.30. The van der Waals surface area contributed by atoms with Crippen molar-refractivity contribution in [3.63, 3.8) is 0 Å². The van der Waals surface area contributed by atoms with E-state index in [1.165, 1.54) is 4.31 Å². The van der Waals surface area contributed by atoms with Crippen molar-refractivity contribution in [2.45, 2.75) is 64.7 Å². The van der Waals surface area contributed by atoms with Crippen LogP contribution in [-0.4, -0.2) is 26.6 Å². The number of hydrazone groups is 1. The number of hydrogen-bond donors (Lipinski definition) is 1. The minimum atomic E-state index is -3.92. The molecule has 1 amide bonds. The van der Waals surface area contributed by atoms with E-state index in [-0.39, 0.29) is 16.9 Å². The molecule has 1 N–H and O–H groups in total. The predicted molar refractivity (Wildman–Crippen MR) is 134 cm³/mol. The molecule has 1 aliphatic carbocycles. The van der Waals surface area contributed by atoms with E-state index < -0.39 is 15.9 Å². The molecule has 7 heteroatoms. The fourth-order valence-corrected chi connectivity index (χ4v) is 5.79. The average Bonchev–Trinajstić information content (AvgIpc) is 2.81. The molecular formula is C26H35N3O3S. The monoisotopic (exact) mass is 469 g/mol. The molecule has 1 fully saturated rings. The van der Waals surface area contributed by atoms with Gasteiger partial charge in [0.15, 0.2) is 0 Å². The largest absolute Gasteiger partial charge is 0.271 e. The maximum absolute atomic E-state index is 13.5. The molecule has 0 spiro atoms. The number of anilines is 1. The Morgan fingerprint density at radius 3 is 2.24 bits per heavy atom. The number of nitrogens with one attached hydrogen (secondary N) is 1. The van der Waals surface area contributed by atoms with E-state index in [1.807, 2.05) is 19.1 Å². The first kappa shape index (κ1) is 25.0.